The number of ether oxygens (including phenoxy) is 3. The lowest BCUT2D eigenvalue weighted by Crippen LogP contribution is -2.42. The van der Waals surface area contributed by atoms with E-state index in [4.69, 9.17) is 19.3 Å². The maximum atomic E-state index is 11.4. The van der Waals surface area contributed by atoms with Crippen molar-refractivity contribution in [2.75, 3.05) is 6.54 Å². The van der Waals surface area contributed by atoms with E-state index < -0.39 is 40.5 Å². The maximum Gasteiger partial charge on any atom is 0.274 e. The van der Waals surface area contributed by atoms with Crippen molar-refractivity contribution >= 4 is 21.4 Å². The number of aromatic nitrogens is 4. The van der Waals surface area contributed by atoms with Crippen molar-refractivity contribution < 1.29 is 22.6 Å². The summed E-state index contributed by atoms with van der Waals surface area (Å²) in [5.41, 5.74) is 2.37. The molecule has 33 heavy (non-hydrogen) atoms. The van der Waals surface area contributed by atoms with Crippen molar-refractivity contribution in [2.24, 2.45) is 5.14 Å². The predicted octanol–water partition coefficient (Wildman–Crippen LogP) is 0.437. The van der Waals surface area contributed by atoms with Gasteiger partial charge in [-0.2, -0.15) is 13.1 Å². The van der Waals surface area contributed by atoms with Crippen molar-refractivity contribution in [3.05, 3.63) is 54.2 Å². The Morgan fingerprint density at radius 2 is 1.88 bits per heavy atom. The fourth-order valence-electron chi connectivity index (χ4n) is 4.03. The highest BCUT2D eigenvalue weighted by Crippen LogP contribution is 2.43. The first-order chi connectivity index (χ1) is 15.7. The third-order valence-electron chi connectivity index (χ3n) is 5.34. The van der Waals surface area contributed by atoms with Gasteiger partial charge in [0.15, 0.2) is 17.7 Å². The molecule has 3 N–H and O–H groups in total. The topological polar surface area (TPSA) is 143 Å². The molecule has 2 saturated heterocycles. The van der Waals surface area contributed by atoms with Crippen LogP contribution in [-0.4, -0.2) is 58.6 Å². The van der Waals surface area contributed by atoms with Crippen LogP contribution >= 0.6 is 0 Å². The Bertz CT molecular complexity index is 1350. The zero-order valence-corrected chi connectivity index (χ0v) is 18.7. The van der Waals surface area contributed by atoms with Crippen LogP contribution in [0.2, 0.25) is 0 Å². The SMILES string of the molecule is CC1(C)O[C@@H]2[C@H](O1)[C@@H](CNS(N)(=O)=O)O[C@H]2n1cnc2c(C#Cc3ccccc3)ncnc21. The molecule has 4 heterocycles. The molecule has 2 fully saturated rings. The molecule has 4 atom stereocenters. The summed E-state index contributed by atoms with van der Waals surface area (Å²) in [5, 5.41) is 5.08. The number of imidazole rings is 1. The number of nitrogens with one attached hydrogen (secondary N) is 1. The van der Waals surface area contributed by atoms with E-state index in [1.165, 1.54) is 6.33 Å². The van der Waals surface area contributed by atoms with Gasteiger partial charge < -0.3 is 14.2 Å². The van der Waals surface area contributed by atoms with E-state index >= 15 is 0 Å². The minimum atomic E-state index is -3.89. The van der Waals surface area contributed by atoms with E-state index in [2.05, 4.69) is 31.5 Å². The van der Waals surface area contributed by atoms with Crippen LogP contribution in [0.5, 0.6) is 0 Å². The van der Waals surface area contributed by atoms with E-state index in [9.17, 15) is 8.42 Å². The lowest BCUT2D eigenvalue weighted by atomic mass is 10.1. The second-order valence-corrected chi connectivity index (χ2v) is 9.56. The molecule has 11 nitrogen and oxygen atoms in total. The van der Waals surface area contributed by atoms with E-state index in [1.54, 1.807) is 24.7 Å². The average Bonchev–Trinajstić information content (AvgIpc) is 3.42. The standard InChI is InChI=1S/C21H22N6O5S/c1-21(2)31-17-15(10-26-33(22,28)29)30-20(18(17)32-21)27-12-25-16-14(23-11-24-19(16)27)9-8-13-6-4-3-5-7-13/h3-7,11-12,15,17-18,20,26H,10H2,1-2H3,(H2,22,28,29)/t15-,17-,18-,20-/m1/s1. The van der Waals surface area contributed by atoms with Crippen LogP contribution in [0.3, 0.4) is 0 Å². The van der Waals surface area contributed by atoms with Gasteiger partial charge in [-0.05, 0) is 31.9 Å². The molecule has 2 aliphatic rings. The van der Waals surface area contributed by atoms with Crippen molar-refractivity contribution in [1.29, 1.82) is 0 Å². The van der Waals surface area contributed by atoms with Crippen LogP contribution in [-0.2, 0) is 24.4 Å². The highest BCUT2D eigenvalue weighted by molar-refractivity contribution is 7.87. The number of hydrogen-bond acceptors (Lipinski definition) is 8. The first kappa shape index (κ1) is 21.9. The Hall–Kier alpha value is -2.92. The molecule has 172 valence electrons. The molecule has 5 rings (SSSR count). The first-order valence-electron chi connectivity index (χ1n) is 10.2. The van der Waals surface area contributed by atoms with Crippen molar-refractivity contribution in [1.82, 2.24) is 24.2 Å². The average molecular weight is 471 g/mol. The van der Waals surface area contributed by atoms with E-state index in [0.717, 1.165) is 5.56 Å². The monoisotopic (exact) mass is 470 g/mol. The third-order valence-corrected chi connectivity index (χ3v) is 5.91. The summed E-state index contributed by atoms with van der Waals surface area (Å²) in [6.07, 6.45) is 0.682. The number of nitrogens with two attached hydrogens (primary N) is 1. The van der Waals surface area contributed by atoms with E-state index in [1.807, 2.05) is 30.3 Å². The van der Waals surface area contributed by atoms with Crippen molar-refractivity contribution in [3.63, 3.8) is 0 Å². The molecular formula is C21H22N6O5S. The molecule has 0 radical (unpaired) electrons. The minimum absolute atomic E-state index is 0.0641. The molecule has 0 aliphatic carbocycles. The van der Waals surface area contributed by atoms with Gasteiger partial charge in [0.2, 0.25) is 0 Å². The summed E-state index contributed by atoms with van der Waals surface area (Å²) in [5.74, 6) is 5.26. The Morgan fingerprint density at radius 3 is 2.64 bits per heavy atom. The Morgan fingerprint density at radius 1 is 1.12 bits per heavy atom. The summed E-state index contributed by atoms with van der Waals surface area (Å²) in [4.78, 5) is 13.1. The Labute approximate surface area is 190 Å². The van der Waals surface area contributed by atoms with Gasteiger partial charge in [0.05, 0.1) is 6.33 Å². The van der Waals surface area contributed by atoms with Gasteiger partial charge >= 0.3 is 0 Å². The number of fused-ring (bicyclic) bond motifs is 2. The molecule has 0 unspecified atom stereocenters. The zero-order valence-electron chi connectivity index (χ0n) is 17.9. The van der Waals surface area contributed by atoms with Gasteiger partial charge in [0.25, 0.3) is 10.2 Å². The fraction of sp³-hybridized carbons (Fsp3) is 0.381. The summed E-state index contributed by atoms with van der Waals surface area (Å²) in [6, 6.07) is 9.56. The first-order valence-corrected chi connectivity index (χ1v) is 11.8. The number of rotatable bonds is 4. The van der Waals surface area contributed by atoms with Crippen molar-refractivity contribution in [3.8, 4) is 11.8 Å². The van der Waals surface area contributed by atoms with E-state index in [0.29, 0.717) is 16.9 Å². The number of benzene rings is 1. The quantitative estimate of drug-likeness (QED) is 0.523. The van der Waals surface area contributed by atoms with Gasteiger partial charge in [-0.15, -0.1) is 0 Å². The van der Waals surface area contributed by atoms with Gasteiger partial charge in [-0.25, -0.2) is 20.1 Å². The largest absolute Gasteiger partial charge is 0.348 e. The second-order valence-electron chi connectivity index (χ2n) is 8.19. The molecule has 2 aliphatic heterocycles. The van der Waals surface area contributed by atoms with Crippen LogP contribution in [0.25, 0.3) is 11.2 Å². The van der Waals surface area contributed by atoms with Crippen LogP contribution in [0.15, 0.2) is 43.0 Å². The fourth-order valence-corrected chi connectivity index (χ4v) is 4.42. The van der Waals surface area contributed by atoms with Crippen LogP contribution < -0.4 is 9.86 Å². The molecule has 2 aromatic heterocycles. The van der Waals surface area contributed by atoms with Gasteiger partial charge in [-0.1, -0.05) is 24.1 Å². The lowest BCUT2D eigenvalue weighted by Gasteiger charge is -2.24. The minimum Gasteiger partial charge on any atom is -0.348 e. The van der Waals surface area contributed by atoms with Gasteiger partial charge in [0.1, 0.15) is 35.8 Å². The predicted molar refractivity (Wildman–Crippen MR) is 117 cm³/mol. The van der Waals surface area contributed by atoms with E-state index in [-0.39, 0.29) is 6.54 Å². The number of nitrogens with zero attached hydrogens (tertiary/aromatic N) is 4. The van der Waals surface area contributed by atoms with Crippen molar-refractivity contribution in [2.45, 2.75) is 44.2 Å². The normalized spacial score (nSPS) is 26.2. The number of hydrogen-bond donors (Lipinski definition) is 2. The smallest absolute Gasteiger partial charge is 0.274 e. The molecule has 12 heteroatoms. The highest BCUT2D eigenvalue weighted by atomic mass is 32.2. The summed E-state index contributed by atoms with van der Waals surface area (Å²) in [6.45, 7) is 3.52. The molecule has 3 aromatic rings. The summed E-state index contributed by atoms with van der Waals surface area (Å²) < 4.78 is 45.0. The van der Waals surface area contributed by atoms with Crippen LogP contribution in [0.1, 0.15) is 31.3 Å². The highest BCUT2D eigenvalue weighted by Gasteiger charge is 2.56. The summed E-state index contributed by atoms with van der Waals surface area (Å²) >= 11 is 0. The lowest BCUT2D eigenvalue weighted by molar-refractivity contribution is -0.195. The summed E-state index contributed by atoms with van der Waals surface area (Å²) in [7, 11) is -3.89. The second kappa shape index (κ2) is 8.14. The maximum absolute atomic E-state index is 11.4. The molecule has 0 spiro atoms. The van der Waals surface area contributed by atoms with Crippen LogP contribution in [0.4, 0.5) is 0 Å². The molecular weight excluding hydrogens is 448 g/mol. The molecule has 0 saturated carbocycles. The molecule has 1 aromatic carbocycles. The molecule has 0 amide bonds. The van der Waals surface area contributed by atoms with Gasteiger partial charge in [-0.3, -0.25) is 4.57 Å². The van der Waals surface area contributed by atoms with Crippen LogP contribution in [0, 0.1) is 11.8 Å². The zero-order chi connectivity index (χ0) is 23.2. The van der Waals surface area contributed by atoms with Gasteiger partial charge in [0, 0.05) is 12.1 Å². The molecule has 0 bridgehead atoms. The Balaban J connectivity index is 1.48. The Kier molecular flexibility index (Phi) is 5.40. The third kappa shape index (κ3) is 4.47.